The number of carboxylic acid groups (broad SMARTS) is 1. The number of nitrogens with zero attached hydrogens (tertiary/aromatic N) is 3. The summed E-state index contributed by atoms with van der Waals surface area (Å²) in [6, 6.07) is 5.73. The monoisotopic (exact) mass is 471 g/mol. The lowest BCUT2D eigenvalue weighted by molar-refractivity contribution is -0.192. The number of benzene rings is 1. The van der Waals surface area contributed by atoms with E-state index in [9.17, 15) is 18.0 Å². The molecule has 172 valence electrons. The molecule has 32 heavy (non-hydrogen) atoms. The summed E-state index contributed by atoms with van der Waals surface area (Å²) in [4.78, 5) is 30.4. The third-order valence-electron chi connectivity index (χ3n) is 5.73. The number of anilines is 1. The molecule has 0 saturated carbocycles. The summed E-state index contributed by atoms with van der Waals surface area (Å²) in [6.45, 7) is 3.87. The highest BCUT2D eigenvalue weighted by Crippen LogP contribution is 2.46. The Labute approximate surface area is 185 Å². The van der Waals surface area contributed by atoms with Gasteiger partial charge in [0.15, 0.2) is 11.5 Å². The first-order valence-corrected chi connectivity index (χ1v) is 10.7. The number of likely N-dealkylation sites (tertiary alicyclic amines) is 1. The number of thiazole rings is 1. The number of rotatable bonds is 3. The molecule has 2 fully saturated rings. The van der Waals surface area contributed by atoms with Crippen LogP contribution in [-0.2, 0) is 16.1 Å². The van der Waals surface area contributed by atoms with Gasteiger partial charge in [0.1, 0.15) is 5.01 Å². The molecule has 1 spiro atoms. The van der Waals surface area contributed by atoms with Crippen molar-refractivity contribution >= 4 is 28.9 Å². The van der Waals surface area contributed by atoms with Crippen molar-refractivity contribution < 1.29 is 37.3 Å². The van der Waals surface area contributed by atoms with E-state index in [-0.39, 0.29) is 18.1 Å². The van der Waals surface area contributed by atoms with Crippen molar-refractivity contribution in [1.82, 2.24) is 9.88 Å². The Kier molecular flexibility index (Phi) is 5.99. The fraction of sp³-hybridized carbons (Fsp3) is 0.450. The van der Waals surface area contributed by atoms with E-state index in [0.29, 0.717) is 0 Å². The average molecular weight is 471 g/mol. The molecule has 0 atom stereocenters. The predicted molar refractivity (Wildman–Crippen MR) is 108 cm³/mol. The molecular weight excluding hydrogens is 451 g/mol. The Bertz CT molecular complexity index is 991. The number of alkyl halides is 3. The number of carbonyl (C=O) groups is 2. The number of ether oxygens (including phenoxy) is 2. The SMILES string of the molecule is O=C(O)C(F)(F)F.O=C1N(c2ccc3c(c2)OCO3)CC12CCN(Cc1nccs1)CC2. The molecular formula is C20H20F3N3O5S. The third-order valence-corrected chi connectivity index (χ3v) is 6.49. The minimum Gasteiger partial charge on any atom is -0.475 e. The van der Waals surface area contributed by atoms with Crippen molar-refractivity contribution in [3.8, 4) is 11.5 Å². The molecule has 4 heterocycles. The second-order valence-electron chi connectivity index (χ2n) is 7.71. The summed E-state index contributed by atoms with van der Waals surface area (Å²) in [5.74, 6) is -1.03. The minimum absolute atomic E-state index is 0.171. The number of aromatic nitrogens is 1. The molecule has 0 bridgehead atoms. The molecule has 0 unspecified atom stereocenters. The Morgan fingerprint density at radius 2 is 1.91 bits per heavy atom. The maximum atomic E-state index is 12.9. The summed E-state index contributed by atoms with van der Waals surface area (Å²) < 4.78 is 42.5. The van der Waals surface area contributed by atoms with Crippen molar-refractivity contribution in [2.75, 3.05) is 31.3 Å². The molecule has 1 aromatic carbocycles. The number of halogens is 3. The third kappa shape index (κ3) is 4.51. The molecule has 8 nitrogen and oxygen atoms in total. The Balaban J connectivity index is 0.000000307. The summed E-state index contributed by atoms with van der Waals surface area (Å²) in [6.07, 6.45) is -1.37. The maximum absolute atomic E-state index is 12.9. The zero-order valence-corrected chi connectivity index (χ0v) is 17.6. The molecule has 12 heteroatoms. The van der Waals surface area contributed by atoms with E-state index >= 15 is 0 Å². The second kappa shape index (κ2) is 8.58. The number of hydrogen-bond acceptors (Lipinski definition) is 7. The largest absolute Gasteiger partial charge is 0.490 e. The van der Waals surface area contributed by atoms with Gasteiger partial charge in [0, 0.05) is 29.9 Å². The van der Waals surface area contributed by atoms with Gasteiger partial charge < -0.3 is 19.5 Å². The zero-order chi connectivity index (χ0) is 22.9. The van der Waals surface area contributed by atoms with Crippen LogP contribution in [0.1, 0.15) is 17.8 Å². The van der Waals surface area contributed by atoms with Gasteiger partial charge in [-0.1, -0.05) is 0 Å². The van der Waals surface area contributed by atoms with E-state index in [0.717, 1.165) is 61.2 Å². The first kappa shape index (κ1) is 22.3. The van der Waals surface area contributed by atoms with E-state index in [2.05, 4.69) is 9.88 Å². The first-order chi connectivity index (χ1) is 15.2. The second-order valence-corrected chi connectivity index (χ2v) is 8.69. The van der Waals surface area contributed by atoms with E-state index < -0.39 is 12.1 Å². The lowest BCUT2D eigenvalue weighted by Crippen LogP contribution is -2.64. The first-order valence-electron chi connectivity index (χ1n) is 9.80. The summed E-state index contributed by atoms with van der Waals surface area (Å²) in [5.41, 5.74) is 0.737. The highest BCUT2D eigenvalue weighted by molar-refractivity contribution is 7.09. The van der Waals surface area contributed by atoms with Crippen LogP contribution in [0.25, 0.3) is 0 Å². The van der Waals surface area contributed by atoms with Crippen molar-refractivity contribution in [1.29, 1.82) is 0 Å². The number of carboxylic acids is 1. The molecule has 1 amide bonds. The molecule has 0 radical (unpaired) electrons. The summed E-state index contributed by atoms with van der Waals surface area (Å²) in [5, 5.41) is 10.3. The van der Waals surface area contributed by atoms with Crippen LogP contribution in [0.4, 0.5) is 18.9 Å². The number of hydrogen-bond donors (Lipinski definition) is 1. The van der Waals surface area contributed by atoms with Crippen molar-refractivity contribution in [3.05, 3.63) is 34.8 Å². The smallest absolute Gasteiger partial charge is 0.475 e. The molecule has 2 aromatic rings. The van der Waals surface area contributed by atoms with Crippen molar-refractivity contribution in [3.63, 3.8) is 0 Å². The van der Waals surface area contributed by atoms with Crippen molar-refractivity contribution in [2.24, 2.45) is 5.41 Å². The summed E-state index contributed by atoms with van der Waals surface area (Å²) in [7, 11) is 0. The number of carbonyl (C=O) groups excluding carboxylic acids is 1. The van der Waals surface area contributed by atoms with Crippen LogP contribution in [0.3, 0.4) is 0 Å². The fourth-order valence-corrected chi connectivity index (χ4v) is 4.59. The van der Waals surface area contributed by atoms with Gasteiger partial charge in [0.25, 0.3) is 0 Å². The van der Waals surface area contributed by atoms with Crippen LogP contribution in [-0.4, -0.2) is 59.5 Å². The molecule has 3 aliphatic heterocycles. The van der Waals surface area contributed by atoms with Gasteiger partial charge in [0.05, 0.1) is 12.0 Å². The van der Waals surface area contributed by atoms with Gasteiger partial charge in [-0.25, -0.2) is 9.78 Å². The molecule has 0 aliphatic carbocycles. The predicted octanol–water partition coefficient (Wildman–Crippen LogP) is 3.13. The normalized spacial score (nSPS) is 19.3. The molecule has 1 N–H and O–H groups in total. The summed E-state index contributed by atoms with van der Waals surface area (Å²) >= 11 is 1.69. The molecule has 2 saturated heterocycles. The van der Waals surface area contributed by atoms with Gasteiger partial charge in [-0.2, -0.15) is 13.2 Å². The van der Waals surface area contributed by atoms with Crippen molar-refractivity contribution in [2.45, 2.75) is 25.6 Å². The highest BCUT2D eigenvalue weighted by atomic mass is 32.1. The minimum atomic E-state index is -5.08. The van der Waals surface area contributed by atoms with E-state index in [1.165, 1.54) is 0 Å². The van der Waals surface area contributed by atoms with Gasteiger partial charge in [0.2, 0.25) is 12.7 Å². The number of amides is 1. The van der Waals surface area contributed by atoms with E-state index in [4.69, 9.17) is 19.4 Å². The van der Waals surface area contributed by atoms with Crippen LogP contribution in [0, 0.1) is 5.41 Å². The quantitative estimate of drug-likeness (QED) is 0.688. The Morgan fingerprint density at radius 3 is 2.50 bits per heavy atom. The van der Waals surface area contributed by atoms with Gasteiger partial charge in [-0.15, -0.1) is 11.3 Å². The Morgan fingerprint density at radius 1 is 1.22 bits per heavy atom. The highest BCUT2D eigenvalue weighted by Gasteiger charge is 2.53. The number of aliphatic carboxylic acids is 1. The van der Waals surface area contributed by atoms with E-state index in [1.54, 1.807) is 11.3 Å². The average Bonchev–Trinajstić information content (AvgIpc) is 3.44. The van der Waals surface area contributed by atoms with Gasteiger partial charge >= 0.3 is 12.1 Å². The maximum Gasteiger partial charge on any atom is 0.490 e. The van der Waals surface area contributed by atoms with Crippen LogP contribution in [0.2, 0.25) is 0 Å². The van der Waals surface area contributed by atoms with Crippen LogP contribution in [0.5, 0.6) is 11.5 Å². The zero-order valence-electron chi connectivity index (χ0n) is 16.8. The number of piperidine rings is 1. The fourth-order valence-electron chi connectivity index (χ4n) is 3.93. The van der Waals surface area contributed by atoms with Crippen LogP contribution in [0.15, 0.2) is 29.8 Å². The molecule has 5 rings (SSSR count). The number of β-lactam (4-membered cyclic amide) rings is 1. The van der Waals surface area contributed by atoms with Gasteiger partial charge in [-0.3, -0.25) is 9.69 Å². The lowest BCUT2D eigenvalue weighted by Gasteiger charge is -2.52. The molecule has 1 aromatic heterocycles. The number of fused-ring (bicyclic) bond motifs is 1. The van der Waals surface area contributed by atoms with Gasteiger partial charge in [-0.05, 0) is 38.1 Å². The topological polar surface area (TPSA) is 92.2 Å². The standard InChI is InChI=1S/C18H19N3O3S.C2HF3O2/c22-17-18(3-6-20(7-4-18)10-16-19-5-8-25-16)11-21(17)13-1-2-14-15(9-13)24-12-23-14;3-2(4,5)1(6)7/h1-2,5,8-9H,3-4,6-7,10-12H2;(H,6,7). The van der Waals surface area contributed by atoms with Crippen LogP contribution < -0.4 is 14.4 Å². The lowest BCUT2D eigenvalue weighted by atomic mass is 9.71. The van der Waals surface area contributed by atoms with Crippen LogP contribution >= 0.6 is 11.3 Å². The molecule has 3 aliphatic rings. The van der Waals surface area contributed by atoms with E-state index in [1.807, 2.05) is 34.7 Å². The Hall–Kier alpha value is -2.86.